The molecule has 8 heteroatoms. The van der Waals surface area contributed by atoms with Crippen LogP contribution in [-0.2, 0) is 9.53 Å². The summed E-state index contributed by atoms with van der Waals surface area (Å²) in [6, 6.07) is 14.7. The maximum atomic E-state index is 12.4. The van der Waals surface area contributed by atoms with Crippen LogP contribution in [0.2, 0.25) is 0 Å². The van der Waals surface area contributed by atoms with Gasteiger partial charge in [-0.15, -0.1) is 0 Å². The van der Waals surface area contributed by atoms with E-state index in [0.29, 0.717) is 0 Å². The third-order valence-corrected chi connectivity index (χ3v) is 4.46. The van der Waals surface area contributed by atoms with Crippen molar-refractivity contribution >= 4 is 29.5 Å². The molecule has 0 spiro atoms. The minimum Gasteiger partial charge on any atom is -0.462 e. The molecule has 0 atom stereocenters. The molecule has 0 saturated carbocycles. The van der Waals surface area contributed by atoms with Gasteiger partial charge in [-0.05, 0) is 31.2 Å². The molecule has 0 aliphatic heterocycles. The summed E-state index contributed by atoms with van der Waals surface area (Å²) in [4.78, 5) is 28.9. The van der Waals surface area contributed by atoms with Crippen molar-refractivity contribution in [3.8, 4) is 5.69 Å². The zero-order valence-electron chi connectivity index (χ0n) is 14.7. The Kier molecular flexibility index (Phi) is 6.22. The van der Waals surface area contributed by atoms with Gasteiger partial charge in [-0.3, -0.25) is 4.79 Å². The Hall–Kier alpha value is -3.13. The molecule has 2 heterocycles. The number of rotatable bonds is 7. The summed E-state index contributed by atoms with van der Waals surface area (Å²) in [6.45, 7) is 1.96. The molecule has 3 rings (SSSR count). The van der Waals surface area contributed by atoms with E-state index in [9.17, 15) is 9.59 Å². The number of ether oxygens (including phenoxy) is 1. The fourth-order valence-corrected chi connectivity index (χ4v) is 2.99. The van der Waals surface area contributed by atoms with Gasteiger partial charge in [0, 0.05) is 6.20 Å². The number of nitrogens with one attached hydrogen (secondary N) is 1. The van der Waals surface area contributed by atoms with Gasteiger partial charge in [0.15, 0.2) is 5.82 Å². The number of thioether (sulfide) groups is 1. The smallest absolute Gasteiger partial charge is 0.343 e. The van der Waals surface area contributed by atoms with E-state index in [4.69, 9.17) is 4.74 Å². The standard InChI is InChI=1S/C19H18N4O3S/c1-2-26-19(25)15-12-21-23(14-8-4-3-5-9-14)18(15)22-16(24)13-27-17-10-6-7-11-20-17/h3-12H,2,13H2,1H3,(H,22,24). The Bertz CT molecular complexity index is 913. The number of para-hydroxylation sites is 1. The predicted molar refractivity (Wildman–Crippen MR) is 103 cm³/mol. The number of benzene rings is 1. The number of hydrogen-bond acceptors (Lipinski definition) is 6. The predicted octanol–water partition coefficient (Wildman–Crippen LogP) is 3.17. The number of carbonyl (C=O) groups excluding carboxylic acids is 2. The molecule has 3 aromatic rings. The molecule has 2 aromatic heterocycles. The van der Waals surface area contributed by atoms with Gasteiger partial charge < -0.3 is 10.1 Å². The summed E-state index contributed by atoms with van der Waals surface area (Å²) < 4.78 is 6.58. The molecule has 0 unspecified atom stereocenters. The van der Waals surface area contributed by atoms with Crippen molar-refractivity contribution in [1.82, 2.24) is 14.8 Å². The van der Waals surface area contributed by atoms with Crippen LogP contribution in [0.5, 0.6) is 0 Å². The summed E-state index contributed by atoms with van der Waals surface area (Å²) in [7, 11) is 0. The number of amides is 1. The van der Waals surface area contributed by atoms with E-state index in [1.165, 1.54) is 22.6 Å². The molecule has 0 radical (unpaired) electrons. The molecule has 0 bridgehead atoms. The Morgan fingerprint density at radius 1 is 1.15 bits per heavy atom. The molecular formula is C19H18N4O3S. The fourth-order valence-electron chi connectivity index (χ4n) is 2.33. The van der Waals surface area contributed by atoms with E-state index in [0.717, 1.165) is 10.7 Å². The van der Waals surface area contributed by atoms with Crippen LogP contribution in [0.25, 0.3) is 5.69 Å². The molecule has 7 nitrogen and oxygen atoms in total. The van der Waals surface area contributed by atoms with Crippen LogP contribution < -0.4 is 5.32 Å². The molecule has 1 aromatic carbocycles. The van der Waals surface area contributed by atoms with Crippen molar-refractivity contribution in [1.29, 1.82) is 0 Å². The van der Waals surface area contributed by atoms with Crippen LogP contribution >= 0.6 is 11.8 Å². The Labute approximate surface area is 160 Å². The number of esters is 1. The highest BCUT2D eigenvalue weighted by molar-refractivity contribution is 7.99. The van der Waals surface area contributed by atoms with Crippen LogP contribution in [0.15, 0.2) is 66.0 Å². The lowest BCUT2D eigenvalue weighted by Gasteiger charge is -2.11. The third kappa shape index (κ3) is 4.73. The van der Waals surface area contributed by atoms with E-state index in [1.807, 2.05) is 48.5 Å². The average molecular weight is 382 g/mol. The number of anilines is 1. The Balaban J connectivity index is 1.82. The van der Waals surface area contributed by atoms with Crippen molar-refractivity contribution in [3.05, 3.63) is 66.5 Å². The lowest BCUT2D eigenvalue weighted by atomic mass is 10.3. The quantitative estimate of drug-likeness (QED) is 0.499. The van der Waals surface area contributed by atoms with Crippen LogP contribution in [0.1, 0.15) is 17.3 Å². The molecule has 27 heavy (non-hydrogen) atoms. The molecule has 138 valence electrons. The monoisotopic (exact) mass is 382 g/mol. The van der Waals surface area contributed by atoms with E-state index >= 15 is 0 Å². The highest BCUT2D eigenvalue weighted by Gasteiger charge is 2.21. The zero-order valence-corrected chi connectivity index (χ0v) is 15.5. The maximum Gasteiger partial charge on any atom is 0.343 e. The molecule has 0 saturated heterocycles. The SMILES string of the molecule is CCOC(=O)c1cnn(-c2ccccc2)c1NC(=O)CSc1ccccn1. The second-order valence-corrected chi connectivity index (χ2v) is 6.38. The van der Waals surface area contributed by atoms with Crippen molar-refractivity contribution in [2.24, 2.45) is 0 Å². The van der Waals surface area contributed by atoms with Gasteiger partial charge in [-0.2, -0.15) is 5.10 Å². The first-order valence-electron chi connectivity index (χ1n) is 8.33. The van der Waals surface area contributed by atoms with E-state index in [2.05, 4.69) is 15.4 Å². The third-order valence-electron chi connectivity index (χ3n) is 3.51. The normalized spacial score (nSPS) is 10.4. The van der Waals surface area contributed by atoms with Gasteiger partial charge in [-0.1, -0.05) is 36.0 Å². The highest BCUT2D eigenvalue weighted by Crippen LogP contribution is 2.22. The van der Waals surface area contributed by atoms with Crippen molar-refractivity contribution < 1.29 is 14.3 Å². The van der Waals surface area contributed by atoms with Gasteiger partial charge in [0.05, 0.1) is 29.3 Å². The molecule has 0 fully saturated rings. The van der Waals surface area contributed by atoms with Gasteiger partial charge >= 0.3 is 5.97 Å². The van der Waals surface area contributed by atoms with E-state index in [1.54, 1.807) is 13.1 Å². The summed E-state index contributed by atoms with van der Waals surface area (Å²) in [5.41, 5.74) is 0.928. The summed E-state index contributed by atoms with van der Waals surface area (Å²) in [5.74, 6) is -0.369. The minimum atomic E-state index is -0.535. The molecule has 1 amide bonds. The molecule has 0 aliphatic carbocycles. The number of pyridine rings is 1. The number of hydrogen-bond donors (Lipinski definition) is 1. The van der Waals surface area contributed by atoms with Crippen molar-refractivity contribution in [3.63, 3.8) is 0 Å². The molecular weight excluding hydrogens is 364 g/mol. The minimum absolute atomic E-state index is 0.152. The van der Waals surface area contributed by atoms with E-state index in [-0.39, 0.29) is 29.6 Å². The first kappa shape index (κ1) is 18.7. The largest absolute Gasteiger partial charge is 0.462 e. The van der Waals surface area contributed by atoms with Crippen molar-refractivity contribution in [2.75, 3.05) is 17.7 Å². The van der Waals surface area contributed by atoms with Crippen LogP contribution in [0.4, 0.5) is 5.82 Å². The van der Waals surface area contributed by atoms with Crippen LogP contribution in [0.3, 0.4) is 0 Å². The highest BCUT2D eigenvalue weighted by atomic mass is 32.2. The molecule has 0 aliphatic rings. The average Bonchev–Trinajstić information content (AvgIpc) is 3.11. The number of carbonyl (C=O) groups is 2. The van der Waals surface area contributed by atoms with Gasteiger partial charge in [0.25, 0.3) is 0 Å². The topological polar surface area (TPSA) is 86.1 Å². The number of nitrogens with zero attached hydrogens (tertiary/aromatic N) is 3. The Morgan fingerprint density at radius 3 is 2.63 bits per heavy atom. The van der Waals surface area contributed by atoms with Crippen molar-refractivity contribution in [2.45, 2.75) is 11.9 Å². The summed E-state index contributed by atoms with van der Waals surface area (Å²) >= 11 is 1.31. The summed E-state index contributed by atoms with van der Waals surface area (Å²) in [5, 5.41) is 7.77. The lowest BCUT2D eigenvalue weighted by Crippen LogP contribution is -2.19. The van der Waals surface area contributed by atoms with E-state index < -0.39 is 5.97 Å². The van der Waals surface area contributed by atoms with Gasteiger partial charge in [0.2, 0.25) is 5.91 Å². The second kappa shape index (κ2) is 9.00. The fraction of sp³-hybridized carbons (Fsp3) is 0.158. The first-order chi connectivity index (χ1) is 13.2. The van der Waals surface area contributed by atoms with Gasteiger partial charge in [-0.25, -0.2) is 14.5 Å². The summed E-state index contributed by atoms with van der Waals surface area (Å²) in [6.07, 6.45) is 3.07. The van der Waals surface area contributed by atoms with Crippen LogP contribution in [0, 0.1) is 0 Å². The lowest BCUT2D eigenvalue weighted by molar-refractivity contribution is -0.113. The molecule has 1 N–H and O–H groups in total. The van der Waals surface area contributed by atoms with Gasteiger partial charge in [0.1, 0.15) is 5.56 Å². The zero-order chi connectivity index (χ0) is 19.1. The first-order valence-corrected chi connectivity index (χ1v) is 9.32. The Morgan fingerprint density at radius 2 is 1.93 bits per heavy atom. The maximum absolute atomic E-state index is 12.4. The number of aromatic nitrogens is 3. The van der Waals surface area contributed by atoms with Crippen LogP contribution in [-0.4, -0.2) is 39.0 Å². The second-order valence-electron chi connectivity index (χ2n) is 5.38.